The van der Waals surface area contributed by atoms with E-state index in [0.29, 0.717) is 5.69 Å². The second kappa shape index (κ2) is 7.04. The molecule has 0 saturated heterocycles. The molecule has 0 aliphatic rings. The van der Waals surface area contributed by atoms with E-state index in [1.807, 2.05) is 24.3 Å². The summed E-state index contributed by atoms with van der Waals surface area (Å²) in [6.45, 7) is -0.0404. The van der Waals surface area contributed by atoms with Gasteiger partial charge in [0, 0.05) is 25.0 Å². The molecule has 0 spiro atoms. The molecule has 0 aliphatic heterocycles. The Labute approximate surface area is 132 Å². The zero-order valence-electron chi connectivity index (χ0n) is 12.6. The van der Waals surface area contributed by atoms with Gasteiger partial charge in [0.05, 0.1) is 13.7 Å². The summed E-state index contributed by atoms with van der Waals surface area (Å²) in [5, 5.41) is 4.98. The minimum Gasteiger partial charge on any atom is -0.497 e. The fraction of sp³-hybridized carbons (Fsp3) is 0.267. The molecule has 0 fully saturated rings. The van der Waals surface area contributed by atoms with E-state index in [4.69, 9.17) is 4.74 Å². The summed E-state index contributed by atoms with van der Waals surface area (Å²) in [7, 11) is 4.88. The van der Waals surface area contributed by atoms with Gasteiger partial charge in [-0.15, -0.1) is 11.3 Å². The van der Waals surface area contributed by atoms with E-state index in [0.717, 1.165) is 16.3 Å². The Morgan fingerprint density at radius 2 is 1.95 bits per heavy atom. The number of methoxy groups -OCH3 is 1. The average molecular weight is 319 g/mol. The summed E-state index contributed by atoms with van der Waals surface area (Å²) < 4.78 is 5.11. The number of ether oxygens (including phenoxy) is 1. The van der Waals surface area contributed by atoms with E-state index in [9.17, 15) is 9.59 Å². The first-order chi connectivity index (χ1) is 10.5. The molecule has 7 heteroatoms. The first-order valence-electron chi connectivity index (χ1n) is 6.59. The Morgan fingerprint density at radius 1 is 1.27 bits per heavy atom. The lowest BCUT2D eigenvalue weighted by molar-refractivity contribution is -0.127. The minimum absolute atomic E-state index is 0.0404. The SMILES string of the molecule is COc1ccc(-c2nc(C(=O)NCC(=O)N(C)C)cs2)cc1. The summed E-state index contributed by atoms with van der Waals surface area (Å²) in [6.07, 6.45) is 0. The average Bonchev–Trinajstić information content (AvgIpc) is 3.02. The van der Waals surface area contributed by atoms with Crippen LogP contribution in [0, 0.1) is 0 Å². The molecule has 6 nitrogen and oxygen atoms in total. The predicted octanol–water partition coefficient (Wildman–Crippen LogP) is 1.64. The molecule has 2 aromatic rings. The van der Waals surface area contributed by atoms with Crippen LogP contribution in [0.4, 0.5) is 0 Å². The van der Waals surface area contributed by atoms with Crippen LogP contribution in [0.2, 0.25) is 0 Å². The second-order valence-electron chi connectivity index (χ2n) is 4.74. The topological polar surface area (TPSA) is 71.5 Å². The Bertz CT molecular complexity index is 665. The van der Waals surface area contributed by atoms with Crippen molar-refractivity contribution in [2.24, 2.45) is 0 Å². The zero-order chi connectivity index (χ0) is 16.1. The van der Waals surface area contributed by atoms with Gasteiger partial charge in [0.15, 0.2) is 0 Å². The van der Waals surface area contributed by atoms with Crippen molar-refractivity contribution in [1.82, 2.24) is 15.2 Å². The summed E-state index contributed by atoms with van der Waals surface area (Å²) in [4.78, 5) is 29.1. The Hall–Kier alpha value is -2.41. The van der Waals surface area contributed by atoms with Crippen molar-refractivity contribution in [3.05, 3.63) is 35.3 Å². The van der Waals surface area contributed by atoms with Crippen molar-refractivity contribution < 1.29 is 14.3 Å². The lowest BCUT2D eigenvalue weighted by Gasteiger charge is -2.10. The van der Waals surface area contributed by atoms with Gasteiger partial charge in [-0.3, -0.25) is 9.59 Å². The van der Waals surface area contributed by atoms with Crippen LogP contribution in [0.3, 0.4) is 0 Å². The van der Waals surface area contributed by atoms with Gasteiger partial charge in [0.25, 0.3) is 5.91 Å². The van der Waals surface area contributed by atoms with Crippen LogP contribution in [-0.4, -0.2) is 49.4 Å². The molecule has 1 N–H and O–H groups in total. The third kappa shape index (κ3) is 3.82. The number of amides is 2. The standard InChI is InChI=1S/C15H17N3O3S/c1-18(2)13(19)8-16-14(20)12-9-22-15(17-12)10-4-6-11(21-3)7-5-10/h4-7,9H,8H2,1-3H3,(H,16,20). The number of hydrogen-bond acceptors (Lipinski definition) is 5. The fourth-order valence-electron chi connectivity index (χ4n) is 1.65. The summed E-state index contributed by atoms with van der Waals surface area (Å²) in [6, 6.07) is 7.45. The number of aromatic nitrogens is 1. The Balaban J connectivity index is 2.03. The summed E-state index contributed by atoms with van der Waals surface area (Å²) in [5.41, 5.74) is 1.22. The number of nitrogens with zero attached hydrogens (tertiary/aromatic N) is 2. The van der Waals surface area contributed by atoms with E-state index < -0.39 is 0 Å². The van der Waals surface area contributed by atoms with E-state index in [1.54, 1.807) is 26.6 Å². The van der Waals surface area contributed by atoms with Crippen molar-refractivity contribution in [3.63, 3.8) is 0 Å². The Morgan fingerprint density at radius 3 is 2.55 bits per heavy atom. The third-order valence-corrected chi connectivity index (χ3v) is 3.86. The molecule has 1 aromatic carbocycles. The number of carbonyl (C=O) groups is 2. The normalized spacial score (nSPS) is 10.1. The molecule has 0 radical (unpaired) electrons. The van der Waals surface area contributed by atoms with Crippen LogP contribution in [0.15, 0.2) is 29.6 Å². The highest BCUT2D eigenvalue weighted by Gasteiger charge is 2.13. The van der Waals surface area contributed by atoms with Crippen molar-refractivity contribution in [3.8, 4) is 16.3 Å². The number of carbonyl (C=O) groups excluding carboxylic acids is 2. The number of rotatable bonds is 5. The molecule has 1 aromatic heterocycles. The second-order valence-corrected chi connectivity index (χ2v) is 5.60. The van der Waals surface area contributed by atoms with Crippen LogP contribution in [0.5, 0.6) is 5.75 Å². The molecule has 0 saturated carbocycles. The number of thiazole rings is 1. The van der Waals surface area contributed by atoms with Gasteiger partial charge in [-0.25, -0.2) is 4.98 Å². The molecule has 0 atom stereocenters. The Kier molecular flexibility index (Phi) is 5.11. The largest absolute Gasteiger partial charge is 0.497 e. The maximum absolute atomic E-state index is 12.0. The van der Waals surface area contributed by atoms with Crippen LogP contribution in [0.1, 0.15) is 10.5 Å². The monoisotopic (exact) mass is 319 g/mol. The lowest BCUT2D eigenvalue weighted by Crippen LogP contribution is -2.36. The van der Waals surface area contributed by atoms with E-state index in [1.165, 1.54) is 16.2 Å². The van der Waals surface area contributed by atoms with Gasteiger partial charge in [-0.1, -0.05) is 0 Å². The van der Waals surface area contributed by atoms with Crippen molar-refractivity contribution >= 4 is 23.2 Å². The lowest BCUT2D eigenvalue weighted by atomic mass is 10.2. The van der Waals surface area contributed by atoms with E-state index in [2.05, 4.69) is 10.3 Å². The van der Waals surface area contributed by atoms with E-state index >= 15 is 0 Å². The number of hydrogen-bond donors (Lipinski definition) is 1. The molecule has 1 heterocycles. The van der Waals surface area contributed by atoms with Gasteiger partial charge < -0.3 is 15.0 Å². The number of nitrogens with one attached hydrogen (secondary N) is 1. The maximum atomic E-state index is 12.0. The van der Waals surface area contributed by atoms with Crippen LogP contribution in [-0.2, 0) is 4.79 Å². The van der Waals surface area contributed by atoms with Crippen molar-refractivity contribution in [2.75, 3.05) is 27.7 Å². The number of benzene rings is 1. The number of likely N-dealkylation sites (N-methyl/N-ethyl adjacent to an activating group) is 1. The van der Waals surface area contributed by atoms with Crippen LogP contribution in [0.25, 0.3) is 10.6 Å². The molecule has 116 valence electrons. The van der Waals surface area contributed by atoms with Crippen molar-refractivity contribution in [1.29, 1.82) is 0 Å². The van der Waals surface area contributed by atoms with Gasteiger partial charge in [-0.2, -0.15) is 0 Å². The van der Waals surface area contributed by atoms with E-state index in [-0.39, 0.29) is 18.4 Å². The quantitative estimate of drug-likeness (QED) is 0.909. The van der Waals surface area contributed by atoms with Gasteiger partial charge >= 0.3 is 0 Å². The minimum atomic E-state index is -0.355. The highest BCUT2D eigenvalue weighted by molar-refractivity contribution is 7.13. The zero-order valence-corrected chi connectivity index (χ0v) is 13.4. The highest BCUT2D eigenvalue weighted by Crippen LogP contribution is 2.25. The molecular formula is C15H17N3O3S. The van der Waals surface area contributed by atoms with Crippen molar-refractivity contribution in [2.45, 2.75) is 0 Å². The summed E-state index contributed by atoms with van der Waals surface area (Å²) in [5.74, 6) is 0.241. The van der Waals surface area contributed by atoms with Gasteiger partial charge in [0.1, 0.15) is 16.5 Å². The van der Waals surface area contributed by atoms with Gasteiger partial charge in [-0.05, 0) is 24.3 Å². The predicted molar refractivity (Wildman–Crippen MR) is 85.1 cm³/mol. The maximum Gasteiger partial charge on any atom is 0.271 e. The first kappa shape index (κ1) is 16.0. The summed E-state index contributed by atoms with van der Waals surface area (Å²) >= 11 is 1.38. The molecule has 2 rings (SSSR count). The molecule has 0 aliphatic carbocycles. The molecule has 2 amide bonds. The molecular weight excluding hydrogens is 302 g/mol. The van der Waals surface area contributed by atoms with Gasteiger partial charge in [0.2, 0.25) is 5.91 Å². The molecule has 22 heavy (non-hydrogen) atoms. The molecule has 0 bridgehead atoms. The smallest absolute Gasteiger partial charge is 0.271 e. The first-order valence-corrected chi connectivity index (χ1v) is 7.47. The fourth-order valence-corrected chi connectivity index (χ4v) is 2.45. The third-order valence-electron chi connectivity index (χ3n) is 2.97. The van der Waals surface area contributed by atoms with Crippen LogP contribution < -0.4 is 10.1 Å². The molecule has 0 unspecified atom stereocenters. The van der Waals surface area contributed by atoms with Crippen LogP contribution >= 0.6 is 11.3 Å². The highest BCUT2D eigenvalue weighted by atomic mass is 32.1.